The molecular weight excluding hydrogens is 214 g/mol. The third-order valence-corrected chi connectivity index (χ3v) is 2.36. The van der Waals surface area contributed by atoms with Crippen LogP contribution in [0.1, 0.15) is 0 Å². The van der Waals surface area contributed by atoms with Gasteiger partial charge in [0.05, 0.1) is 6.20 Å². The number of oxazole rings is 1. The van der Waals surface area contributed by atoms with Gasteiger partial charge >= 0.3 is 0 Å². The van der Waals surface area contributed by atoms with Crippen molar-refractivity contribution in [3.63, 3.8) is 0 Å². The number of hydrogen-bond acceptors (Lipinski definition) is 4. The van der Waals surface area contributed by atoms with Crippen LogP contribution in [-0.4, -0.2) is 15.2 Å². The largest absolute Gasteiger partial charge is 0.435 e. The lowest BCUT2D eigenvalue weighted by molar-refractivity contribution is 0.585. The van der Waals surface area contributed by atoms with Crippen molar-refractivity contribution < 1.29 is 4.42 Å². The van der Waals surface area contributed by atoms with E-state index < -0.39 is 0 Å². The molecule has 2 aromatic heterocycles. The molecule has 17 heavy (non-hydrogen) atoms. The molecule has 0 fully saturated rings. The fourth-order valence-electron chi connectivity index (χ4n) is 1.54. The molecule has 0 aliphatic rings. The van der Waals surface area contributed by atoms with E-state index in [9.17, 15) is 0 Å². The molecule has 2 heterocycles. The Morgan fingerprint density at radius 3 is 2.59 bits per heavy atom. The normalized spacial score (nSPS) is 10.4. The van der Waals surface area contributed by atoms with Crippen LogP contribution in [0.5, 0.6) is 0 Å². The predicted molar refractivity (Wildman–Crippen MR) is 63.0 cm³/mol. The van der Waals surface area contributed by atoms with Crippen molar-refractivity contribution in [3.05, 3.63) is 54.9 Å². The maximum absolute atomic E-state index is 5.64. The van der Waals surface area contributed by atoms with E-state index in [-0.39, 0.29) is 0 Å². The van der Waals surface area contributed by atoms with Crippen LogP contribution >= 0.6 is 0 Å². The van der Waals surface area contributed by atoms with Gasteiger partial charge in [-0.15, -0.1) is 5.10 Å². The molecule has 1 aromatic carbocycles. The maximum atomic E-state index is 5.64. The quantitative estimate of drug-likeness (QED) is 0.670. The van der Waals surface area contributed by atoms with Gasteiger partial charge in [0.15, 0.2) is 5.76 Å². The summed E-state index contributed by atoms with van der Waals surface area (Å²) in [5.41, 5.74) is 1.63. The zero-order valence-electron chi connectivity index (χ0n) is 8.95. The molecule has 0 radical (unpaired) electrons. The molecule has 0 unspecified atom stereocenters. The van der Waals surface area contributed by atoms with Crippen molar-refractivity contribution >= 4 is 0 Å². The first-order valence-electron chi connectivity index (χ1n) is 5.23. The molecule has 0 saturated heterocycles. The van der Waals surface area contributed by atoms with Crippen LogP contribution in [0.2, 0.25) is 0 Å². The van der Waals surface area contributed by atoms with Crippen molar-refractivity contribution in [2.45, 2.75) is 0 Å². The summed E-state index contributed by atoms with van der Waals surface area (Å²) in [5, 5.41) is 7.74. The van der Waals surface area contributed by atoms with Gasteiger partial charge in [0.1, 0.15) is 5.69 Å². The van der Waals surface area contributed by atoms with Crippen molar-refractivity contribution in [2.75, 3.05) is 0 Å². The smallest absolute Gasteiger partial charge is 0.247 e. The fraction of sp³-hybridized carbons (Fsp3) is 0. The SMILES string of the molecule is c1ccc(-c2cnc(-c3cccnn3)o2)cc1. The topological polar surface area (TPSA) is 51.8 Å². The Morgan fingerprint density at radius 2 is 1.82 bits per heavy atom. The lowest BCUT2D eigenvalue weighted by atomic mass is 10.2. The highest BCUT2D eigenvalue weighted by molar-refractivity contribution is 5.58. The van der Waals surface area contributed by atoms with Gasteiger partial charge in [-0.3, -0.25) is 0 Å². The summed E-state index contributed by atoms with van der Waals surface area (Å²) in [7, 11) is 0. The second-order valence-corrected chi connectivity index (χ2v) is 3.50. The van der Waals surface area contributed by atoms with Gasteiger partial charge in [-0.1, -0.05) is 30.3 Å². The Balaban J connectivity index is 1.99. The van der Waals surface area contributed by atoms with E-state index in [1.807, 2.05) is 36.4 Å². The van der Waals surface area contributed by atoms with E-state index in [4.69, 9.17) is 4.42 Å². The number of benzene rings is 1. The number of nitrogens with zero attached hydrogens (tertiary/aromatic N) is 3. The van der Waals surface area contributed by atoms with Gasteiger partial charge in [-0.25, -0.2) is 4.98 Å². The fourth-order valence-corrected chi connectivity index (χ4v) is 1.54. The lowest BCUT2D eigenvalue weighted by Gasteiger charge is -1.94. The molecule has 82 valence electrons. The predicted octanol–water partition coefficient (Wildman–Crippen LogP) is 2.80. The molecule has 0 atom stereocenters. The Morgan fingerprint density at radius 1 is 0.941 bits per heavy atom. The van der Waals surface area contributed by atoms with E-state index in [1.54, 1.807) is 18.5 Å². The average molecular weight is 223 g/mol. The van der Waals surface area contributed by atoms with Gasteiger partial charge in [0, 0.05) is 11.8 Å². The van der Waals surface area contributed by atoms with Crippen LogP contribution < -0.4 is 0 Å². The van der Waals surface area contributed by atoms with E-state index in [0.29, 0.717) is 11.6 Å². The zero-order chi connectivity index (χ0) is 11.5. The summed E-state index contributed by atoms with van der Waals surface area (Å²) in [5.74, 6) is 1.21. The molecular formula is C13H9N3O. The van der Waals surface area contributed by atoms with Crippen LogP contribution in [-0.2, 0) is 0 Å². The summed E-state index contributed by atoms with van der Waals surface area (Å²) in [4.78, 5) is 4.19. The van der Waals surface area contributed by atoms with Gasteiger partial charge in [0.2, 0.25) is 5.89 Å². The van der Waals surface area contributed by atoms with Crippen LogP contribution in [0.4, 0.5) is 0 Å². The standard InChI is InChI=1S/C13H9N3O/c1-2-5-10(6-3-1)12-9-14-13(17-12)11-7-4-8-15-16-11/h1-9H. The van der Waals surface area contributed by atoms with Gasteiger partial charge in [-0.05, 0) is 12.1 Å². The maximum Gasteiger partial charge on any atom is 0.247 e. The van der Waals surface area contributed by atoms with E-state index in [1.165, 1.54) is 0 Å². The molecule has 3 rings (SSSR count). The Bertz CT molecular complexity index is 551. The second-order valence-electron chi connectivity index (χ2n) is 3.50. The highest BCUT2D eigenvalue weighted by Gasteiger charge is 2.08. The summed E-state index contributed by atoms with van der Waals surface area (Å²) < 4.78 is 5.64. The summed E-state index contributed by atoms with van der Waals surface area (Å²) in [6, 6.07) is 13.4. The molecule has 4 nitrogen and oxygen atoms in total. The third-order valence-electron chi connectivity index (χ3n) is 2.36. The van der Waals surface area contributed by atoms with Gasteiger partial charge in [0.25, 0.3) is 0 Å². The third kappa shape index (κ3) is 1.92. The first-order valence-corrected chi connectivity index (χ1v) is 5.23. The Labute approximate surface area is 98.0 Å². The second kappa shape index (κ2) is 4.17. The monoisotopic (exact) mass is 223 g/mol. The van der Waals surface area contributed by atoms with Gasteiger partial charge < -0.3 is 4.42 Å². The first kappa shape index (κ1) is 9.72. The summed E-state index contributed by atoms with van der Waals surface area (Å²) >= 11 is 0. The van der Waals surface area contributed by atoms with Gasteiger partial charge in [-0.2, -0.15) is 5.10 Å². The van der Waals surface area contributed by atoms with E-state index >= 15 is 0 Å². The Kier molecular flexibility index (Phi) is 2.38. The van der Waals surface area contributed by atoms with Crippen molar-refractivity contribution in [1.29, 1.82) is 0 Å². The molecule has 0 N–H and O–H groups in total. The van der Waals surface area contributed by atoms with Crippen molar-refractivity contribution in [3.8, 4) is 22.9 Å². The minimum Gasteiger partial charge on any atom is -0.435 e. The number of hydrogen-bond donors (Lipinski definition) is 0. The molecule has 3 aromatic rings. The molecule has 0 spiro atoms. The summed E-state index contributed by atoms with van der Waals surface area (Å²) in [6.45, 7) is 0. The molecule has 0 amide bonds. The molecule has 4 heteroatoms. The highest BCUT2D eigenvalue weighted by Crippen LogP contribution is 2.23. The summed E-state index contributed by atoms with van der Waals surface area (Å²) in [6.07, 6.45) is 3.31. The Hall–Kier alpha value is -2.49. The van der Waals surface area contributed by atoms with Crippen LogP contribution in [0.25, 0.3) is 22.9 Å². The van der Waals surface area contributed by atoms with Crippen LogP contribution in [0, 0.1) is 0 Å². The molecule has 0 bridgehead atoms. The first-order chi connectivity index (χ1) is 8.43. The van der Waals surface area contributed by atoms with Crippen molar-refractivity contribution in [1.82, 2.24) is 15.2 Å². The van der Waals surface area contributed by atoms with Crippen molar-refractivity contribution in [2.24, 2.45) is 0 Å². The minimum atomic E-state index is 0.483. The highest BCUT2D eigenvalue weighted by atomic mass is 16.4. The number of rotatable bonds is 2. The molecule has 0 saturated carbocycles. The molecule has 0 aliphatic carbocycles. The number of aromatic nitrogens is 3. The van der Waals surface area contributed by atoms with Crippen LogP contribution in [0.15, 0.2) is 59.3 Å². The van der Waals surface area contributed by atoms with E-state index in [0.717, 1.165) is 11.3 Å². The average Bonchev–Trinajstić information content (AvgIpc) is 2.90. The van der Waals surface area contributed by atoms with Crippen LogP contribution in [0.3, 0.4) is 0 Å². The minimum absolute atomic E-state index is 0.483. The van der Waals surface area contributed by atoms with E-state index in [2.05, 4.69) is 15.2 Å². The zero-order valence-corrected chi connectivity index (χ0v) is 8.95. The lowest BCUT2D eigenvalue weighted by Crippen LogP contribution is -1.84. The molecule has 0 aliphatic heterocycles.